The molecule has 5 heterocycles. The number of nitrogen functional groups attached to an aromatic ring is 1. The van der Waals surface area contributed by atoms with E-state index < -0.39 is 11.6 Å². The third kappa shape index (κ3) is 5.87. The van der Waals surface area contributed by atoms with Crippen LogP contribution in [0.2, 0.25) is 0 Å². The van der Waals surface area contributed by atoms with Crippen LogP contribution in [0.1, 0.15) is 18.5 Å². The number of anilines is 1. The van der Waals surface area contributed by atoms with Crippen LogP contribution in [0.4, 0.5) is 5.69 Å². The molecule has 2 aliphatic heterocycles. The van der Waals surface area contributed by atoms with Gasteiger partial charge in [0, 0.05) is 50.1 Å². The lowest BCUT2D eigenvalue weighted by molar-refractivity contribution is -0.163. The predicted molar refractivity (Wildman–Crippen MR) is 128 cm³/mol. The van der Waals surface area contributed by atoms with Gasteiger partial charge in [0.25, 0.3) is 0 Å². The van der Waals surface area contributed by atoms with E-state index >= 15 is 0 Å². The van der Waals surface area contributed by atoms with E-state index in [0.717, 1.165) is 29.9 Å². The summed E-state index contributed by atoms with van der Waals surface area (Å²) in [5, 5.41) is 18.9. The van der Waals surface area contributed by atoms with E-state index in [4.69, 9.17) is 25.1 Å². The minimum Gasteiger partial charge on any atom is -0.486 e. The fraction of sp³-hybridized carbons (Fsp3) is 0.417. The second kappa shape index (κ2) is 10.7. The molecule has 0 radical (unpaired) electrons. The normalized spacial score (nSPS) is 16.7. The third-order valence-electron chi connectivity index (χ3n) is 6.05. The highest BCUT2D eigenvalue weighted by Gasteiger charge is 2.39. The summed E-state index contributed by atoms with van der Waals surface area (Å²) in [6, 6.07) is 7.20. The van der Waals surface area contributed by atoms with Gasteiger partial charge in [0.05, 0.1) is 24.5 Å². The van der Waals surface area contributed by atoms with E-state index in [1.54, 1.807) is 31.6 Å². The molecule has 3 aromatic rings. The minimum absolute atomic E-state index is 0.261. The van der Waals surface area contributed by atoms with Crippen LogP contribution >= 0.6 is 0 Å². The molecule has 2 aliphatic rings. The Bertz CT molecular complexity index is 1180. The highest BCUT2D eigenvalue weighted by Crippen LogP contribution is 2.29. The van der Waals surface area contributed by atoms with Gasteiger partial charge in [-0.05, 0) is 25.0 Å². The summed E-state index contributed by atoms with van der Waals surface area (Å²) in [7, 11) is 1.57. The number of aliphatic carboxylic acids is 1. The quantitative estimate of drug-likeness (QED) is 0.484. The van der Waals surface area contributed by atoms with Crippen molar-refractivity contribution >= 4 is 22.7 Å². The molecule has 0 aliphatic carbocycles. The zero-order valence-corrected chi connectivity index (χ0v) is 19.5. The van der Waals surface area contributed by atoms with Gasteiger partial charge < -0.3 is 35.1 Å². The van der Waals surface area contributed by atoms with Crippen LogP contribution in [0.15, 0.2) is 36.7 Å². The number of methoxy groups -OCH3 is 1. The fourth-order valence-electron chi connectivity index (χ4n) is 3.90. The van der Waals surface area contributed by atoms with Crippen molar-refractivity contribution in [1.82, 2.24) is 19.9 Å². The number of nitrogens with two attached hydrogens (primary N) is 1. The Hall–Kier alpha value is -3.70. The molecular weight excluding hydrogens is 454 g/mol. The monoisotopic (exact) mass is 483 g/mol. The molecule has 0 unspecified atom stereocenters. The summed E-state index contributed by atoms with van der Waals surface area (Å²) in [6.07, 6.45) is 4.62. The van der Waals surface area contributed by atoms with Crippen molar-refractivity contribution in [3.05, 3.63) is 42.4 Å². The SMILES string of the molecule is COc1ccc2nccc(N)c2n1.O=C(O)C1(O)CCN(CCc2cc3c(cn2)OCCO3)CC1. The first-order chi connectivity index (χ1) is 16.9. The van der Waals surface area contributed by atoms with Crippen molar-refractivity contribution in [3.63, 3.8) is 0 Å². The number of nitrogens with zero attached hydrogens (tertiary/aromatic N) is 4. The number of ether oxygens (including phenoxy) is 3. The number of carboxylic acid groups (broad SMARTS) is 1. The Morgan fingerprint density at radius 3 is 2.63 bits per heavy atom. The summed E-state index contributed by atoms with van der Waals surface area (Å²) < 4.78 is 16.0. The van der Waals surface area contributed by atoms with Crippen molar-refractivity contribution in [2.45, 2.75) is 24.9 Å². The molecule has 1 fully saturated rings. The number of hydrogen-bond donors (Lipinski definition) is 3. The van der Waals surface area contributed by atoms with Crippen molar-refractivity contribution in [3.8, 4) is 17.4 Å². The Balaban J connectivity index is 0.000000189. The Kier molecular flexibility index (Phi) is 7.47. The fourth-order valence-corrected chi connectivity index (χ4v) is 3.90. The summed E-state index contributed by atoms with van der Waals surface area (Å²) in [5.41, 5.74) is 7.15. The van der Waals surface area contributed by atoms with E-state index in [-0.39, 0.29) is 12.8 Å². The standard InChI is InChI=1S/C15H20N2O5.C9H9N3O/c18-14(19)15(20)2-5-17(6-3-15)4-1-11-9-12-13(10-16-11)22-8-7-21-12;1-13-8-3-2-7-9(12-8)6(10)4-5-11-7/h9-10,20H,1-8H2,(H,18,19);2-5H,1H3,(H2,10,11). The molecule has 0 spiro atoms. The van der Waals surface area contributed by atoms with Crippen LogP contribution in [0.5, 0.6) is 17.4 Å². The number of pyridine rings is 3. The molecule has 0 aromatic carbocycles. The number of carboxylic acids is 1. The lowest BCUT2D eigenvalue weighted by Gasteiger charge is -2.35. The lowest BCUT2D eigenvalue weighted by Crippen LogP contribution is -2.49. The lowest BCUT2D eigenvalue weighted by atomic mass is 9.91. The van der Waals surface area contributed by atoms with Gasteiger partial charge in [-0.25, -0.2) is 9.78 Å². The van der Waals surface area contributed by atoms with Crippen molar-refractivity contribution in [1.29, 1.82) is 0 Å². The van der Waals surface area contributed by atoms with Crippen LogP contribution in [-0.4, -0.2) is 81.6 Å². The second-order valence-corrected chi connectivity index (χ2v) is 8.37. The van der Waals surface area contributed by atoms with E-state index in [1.807, 2.05) is 12.1 Å². The van der Waals surface area contributed by atoms with Crippen LogP contribution in [0.25, 0.3) is 11.0 Å². The molecule has 0 bridgehead atoms. The zero-order valence-electron chi connectivity index (χ0n) is 19.5. The van der Waals surface area contributed by atoms with E-state index in [9.17, 15) is 9.90 Å². The molecule has 5 rings (SSSR count). The summed E-state index contributed by atoms with van der Waals surface area (Å²) in [6.45, 7) is 3.04. The molecule has 0 saturated carbocycles. The van der Waals surface area contributed by atoms with E-state index in [0.29, 0.717) is 49.1 Å². The molecule has 11 nitrogen and oxygen atoms in total. The average Bonchev–Trinajstić information content (AvgIpc) is 2.88. The van der Waals surface area contributed by atoms with Gasteiger partial charge >= 0.3 is 5.97 Å². The number of aromatic nitrogens is 3. The molecule has 35 heavy (non-hydrogen) atoms. The first-order valence-corrected chi connectivity index (χ1v) is 11.4. The summed E-state index contributed by atoms with van der Waals surface area (Å²) in [4.78, 5) is 25.8. The molecule has 3 aromatic heterocycles. The van der Waals surface area contributed by atoms with Gasteiger partial charge in [-0.3, -0.25) is 9.97 Å². The molecule has 0 atom stereocenters. The Morgan fingerprint density at radius 2 is 1.91 bits per heavy atom. The van der Waals surface area contributed by atoms with Gasteiger partial charge in [-0.1, -0.05) is 0 Å². The molecule has 0 amide bonds. The maximum atomic E-state index is 11.0. The maximum Gasteiger partial charge on any atom is 0.335 e. The number of likely N-dealkylation sites (tertiary alicyclic amines) is 1. The molecular formula is C24H29N5O6. The van der Waals surface area contributed by atoms with E-state index in [2.05, 4.69) is 19.9 Å². The topological polar surface area (TPSA) is 153 Å². The zero-order chi connectivity index (χ0) is 24.8. The molecule has 11 heteroatoms. The largest absolute Gasteiger partial charge is 0.486 e. The van der Waals surface area contributed by atoms with Crippen molar-refractivity contribution in [2.75, 3.05) is 45.7 Å². The van der Waals surface area contributed by atoms with Crippen LogP contribution < -0.4 is 19.9 Å². The van der Waals surface area contributed by atoms with Gasteiger partial charge in [-0.2, -0.15) is 0 Å². The van der Waals surface area contributed by atoms with Crippen molar-refractivity contribution < 1.29 is 29.2 Å². The van der Waals surface area contributed by atoms with Crippen LogP contribution in [-0.2, 0) is 11.2 Å². The summed E-state index contributed by atoms with van der Waals surface area (Å²) in [5.74, 6) is 0.836. The third-order valence-corrected chi connectivity index (χ3v) is 6.05. The van der Waals surface area contributed by atoms with Gasteiger partial charge in [0.2, 0.25) is 5.88 Å². The number of piperidine rings is 1. The van der Waals surface area contributed by atoms with Gasteiger partial charge in [-0.15, -0.1) is 0 Å². The highest BCUT2D eigenvalue weighted by molar-refractivity contribution is 5.86. The number of carbonyl (C=O) groups is 1. The first kappa shape index (κ1) is 24.4. The first-order valence-electron chi connectivity index (χ1n) is 11.4. The van der Waals surface area contributed by atoms with E-state index in [1.165, 1.54) is 0 Å². The average molecular weight is 484 g/mol. The second-order valence-electron chi connectivity index (χ2n) is 8.37. The number of fused-ring (bicyclic) bond motifs is 2. The number of aliphatic hydroxyl groups is 1. The molecule has 1 saturated heterocycles. The van der Waals surface area contributed by atoms with Crippen LogP contribution in [0.3, 0.4) is 0 Å². The van der Waals surface area contributed by atoms with Crippen molar-refractivity contribution in [2.24, 2.45) is 0 Å². The van der Waals surface area contributed by atoms with Gasteiger partial charge in [0.15, 0.2) is 17.1 Å². The minimum atomic E-state index is -1.56. The number of rotatable bonds is 5. The smallest absolute Gasteiger partial charge is 0.335 e. The maximum absolute atomic E-state index is 11.0. The number of hydrogen-bond acceptors (Lipinski definition) is 10. The molecule has 4 N–H and O–H groups in total. The Morgan fingerprint density at radius 1 is 1.17 bits per heavy atom. The van der Waals surface area contributed by atoms with Crippen LogP contribution in [0, 0.1) is 0 Å². The van der Waals surface area contributed by atoms with Gasteiger partial charge in [0.1, 0.15) is 18.7 Å². The molecule has 186 valence electrons. The predicted octanol–water partition coefficient (Wildman–Crippen LogP) is 1.53. The summed E-state index contributed by atoms with van der Waals surface area (Å²) >= 11 is 0. The Labute approximate surface area is 202 Å². The highest BCUT2D eigenvalue weighted by atomic mass is 16.6.